The van der Waals surface area contributed by atoms with Gasteiger partial charge in [0, 0.05) is 5.02 Å². The molecule has 0 saturated heterocycles. The SMILES string of the molecule is Cc1cc2oc3c(c(=O)c2cc1Cl)C(c1cccc(OCc2ccccc2)c1)N(Cc1ccco1)C3=O. The van der Waals surface area contributed by atoms with E-state index >= 15 is 0 Å². The molecular formula is C30H22ClNO5. The summed E-state index contributed by atoms with van der Waals surface area (Å²) in [4.78, 5) is 29.0. The summed E-state index contributed by atoms with van der Waals surface area (Å²) in [5, 5.41) is 0.799. The van der Waals surface area contributed by atoms with E-state index in [1.807, 2.05) is 61.5 Å². The topological polar surface area (TPSA) is 72.9 Å². The van der Waals surface area contributed by atoms with E-state index in [4.69, 9.17) is 25.2 Å². The minimum atomic E-state index is -0.686. The number of hydrogen-bond donors (Lipinski definition) is 0. The molecule has 0 spiro atoms. The number of hydrogen-bond acceptors (Lipinski definition) is 5. The summed E-state index contributed by atoms with van der Waals surface area (Å²) < 4.78 is 17.6. The molecule has 184 valence electrons. The summed E-state index contributed by atoms with van der Waals surface area (Å²) in [5.74, 6) is 0.882. The summed E-state index contributed by atoms with van der Waals surface area (Å²) in [6.07, 6.45) is 1.55. The Bertz CT molecular complexity index is 1670. The first kappa shape index (κ1) is 23.1. The minimum Gasteiger partial charge on any atom is -0.489 e. The molecule has 37 heavy (non-hydrogen) atoms. The van der Waals surface area contributed by atoms with Crippen LogP contribution in [0.2, 0.25) is 5.02 Å². The molecule has 1 aliphatic rings. The van der Waals surface area contributed by atoms with Crippen LogP contribution in [0, 0.1) is 6.92 Å². The molecule has 1 amide bonds. The van der Waals surface area contributed by atoms with Crippen LogP contribution in [0.15, 0.2) is 98.8 Å². The Morgan fingerprint density at radius 2 is 1.81 bits per heavy atom. The highest BCUT2D eigenvalue weighted by Gasteiger charge is 2.43. The summed E-state index contributed by atoms with van der Waals surface area (Å²) in [5.41, 5.74) is 2.85. The molecule has 0 fully saturated rings. The van der Waals surface area contributed by atoms with Gasteiger partial charge in [-0.15, -0.1) is 0 Å². The highest BCUT2D eigenvalue weighted by atomic mass is 35.5. The molecule has 7 heteroatoms. The van der Waals surface area contributed by atoms with Crippen molar-refractivity contribution in [2.24, 2.45) is 0 Å². The van der Waals surface area contributed by atoms with Gasteiger partial charge in [0.15, 0.2) is 5.43 Å². The predicted molar refractivity (Wildman–Crippen MR) is 140 cm³/mol. The van der Waals surface area contributed by atoms with E-state index in [1.54, 1.807) is 35.4 Å². The van der Waals surface area contributed by atoms with Gasteiger partial charge in [0.2, 0.25) is 5.76 Å². The molecule has 0 bridgehead atoms. The van der Waals surface area contributed by atoms with Gasteiger partial charge >= 0.3 is 0 Å². The number of carbonyl (C=O) groups is 1. The summed E-state index contributed by atoms with van der Waals surface area (Å²) in [6.45, 7) is 2.39. The molecule has 1 aliphatic heterocycles. The van der Waals surface area contributed by atoms with Crippen LogP contribution >= 0.6 is 11.6 Å². The lowest BCUT2D eigenvalue weighted by molar-refractivity contribution is 0.0701. The third kappa shape index (κ3) is 4.19. The van der Waals surface area contributed by atoms with E-state index in [2.05, 4.69) is 0 Å². The largest absolute Gasteiger partial charge is 0.489 e. The van der Waals surface area contributed by atoms with Crippen molar-refractivity contribution in [3.63, 3.8) is 0 Å². The first-order valence-corrected chi connectivity index (χ1v) is 12.2. The van der Waals surface area contributed by atoms with Crippen LogP contribution in [-0.4, -0.2) is 10.8 Å². The van der Waals surface area contributed by atoms with Crippen LogP contribution < -0.4 is 10.2 Å². The number of benzene rings is 3. The number of ether oxygens (including phenoxy) is 1. The van der Waals surface area contributed by atoms with Gasteiger partial charge in [0.1, 0.15) is 23.7 Å². The van der Waals surface area contributed by atoms with Crippen molar-refractivity contribution in [1.29, 1.82) is 0 Å². The third-order valence-electron chi connectivity index (χ3n) is 6.58. The maximum Gasteiger partial charge on any atom is 0.291 e. The normalized spacial score (nSPS) is 14.8. The lowest BCUT2D eigenvalue weighted by Crippen LogP contribution is -2.29. The highest BCUT2D eigenvalue weighted by molar-refractivity contribution is 6.32. The standard InChI is InChI=1S/C30H22ClNO5/c1-18-13-25-23(15-24(18)31)28(33)26-27(32(30(34)29(26)37-25)16-22-11-6-12-35-22)20-9-5-10-21(14-20)36-17-19-7-3-2-4-8-19/h2-15,27H,16-17H2,1H3. The van der Waals surface area contributed by atoms with E-state index in [0.29, 0.717) is 34.1 Å². The Hall–Kier alpha value is -4.29. The van der Waals surface area contributed by atoms with Gasteiger partial charge in [-0.3, -0.25) is 9.59 Å². The van der Waals surface area contributed by atoms with Gasteiger partial charge in [-0.2, -0.15) is 0 Å². The lowest BCUT2D eigenvalue weighted by Gasteiger charge is -2.24. The molecule has 0 N–H and O–H groups in total. The molecular weight excluding hydrogens is 490 g/mol. The predicted octanol–water partition coefficient (Wildman–Crippen LogP) is 6.67. The number of amides is 1. The van der Waals surface area contributed by atoms with Crippen molar-refractivity contribution in [2.75, 3.05) is 0 Å². The molecule has 6 nitrogen and oxygen atoms in total. The molecule has 0 saturated carbocycles. The van der Waals surface area contributed by atoms with Gasteiger partial charge in [0.05, 0.1) is 29.8 Å². The maximum atomic E-state index is 13.8. The quantitative estimate of drug-likeness (QED) is 0.254. The summed E-state index contributed by atoms with van der Waals surface area (Å²) in [7, 11) is 0. The Kier molecular flexibility index (Phi) is 5.81. The molecule has 1 unspecified atom stereocenters. The molecule has 1 atom stereocenters. The second-order valence-corrected chi connectivity index (χ2v) is 9.44. The van der Waals surface area contributed by atoms with E-state index < -0.39 is 6.04 Å². The number of fused-ring (bicyclic) bond motifs is 2. The van der Waals surface area contributed by atoms with Gasteiger partial charge in [-0.1, -0.05) is 54.1 Å². The van der Waals surface area contributed by atoms with Gasteiger partial charge in [-0.05, 0) is 60.0 Å². The fourth-order valence-electron chi connectivity index (χ4n) is 4.74. The average molecular weight is 512 g/mol. The second kappa shape index (κ2) is 9.30. The smallest absolute Gasteiger partial charge is 0.291 e. The van der Waals surface area contributed by atoms with Gasteiger partial charge in [-0.25, -0.2) is 0 Å². The van der Waals surface area contributed by atoms with Crippen LogP contribution in [0.5, 0.6) is 5.75 Å². The van der Waals surface area contributed by atoms with Crippen LogP contribution in [0.25, 0.3) is 11.0 Å². The van der Waals surface area contributed by atoms with Crippen LogP contribution in [0.3, 0.4) is 0 Å². The molecule has 5 aromatic rings. The number of halogens is 1. The van der Waals surface area contributed by atoms with Crippen LogP contribution in [-0.2, 0) is 13.2 Å². The molecule has 0 aliphatic carbocycles. The molecule has 3 heterocycles. The Labute approximate surface area is 217 Å². The Morgan fingerprint density at radius 1 is 0.973 bits per heavy atom. The first-order valence-electron chi connectivity index (χ1n) is 11.9. The maximum absolute atomic E-state index is 13.8. The molecule has 6 rings (SSSR count). The zero-order chi connectivity index (χ0) is 25.5. The van der Waals surface area contributed by atoms with E-state index in [9.17, 15) is 9.59 Å². The molecule has 0 radical (unpaired) electrons. The fourth-order valence-corrected chi connectivity index (χ4v) is 4.90. The summed E-state index contributed by atoms with van der Waals surface area (Å²) in [6, 6.07) is 23.5. The number of nitrogens with zero attached hydrogens (tertiary/aromatic N) is 1. The molecule has 3 aromatic carbocycles. The van der Waals surface area contributed by atoms with Crippen molar-refractivity contribution in [3.8, 4) is 5.75 Å². The van der Waals surface area contributed by atoms with Crippen LogP contribution in [0.4, 0.5) is 0 Å². The van der Waals surface area contributed by atoms with Gasteiger partial charge in [0.25, 0.3) is 5.91 Å². The van der Waals surface area contributed by atoms with Crippen LogP contribution in [0.1, 0.15) is 44.6 Å². The number of rotatable bonds is 6. The number of aryl methyl sites for hydroxylation is 1. The van der Waals surface area contributed by atoms with E-state index in [0.717, 1.165) is 16.7 Å². The second-order valence-electron chi connectivity index (χ2n) is 9.03. The lowest BCUT2D eigenvalue weighted by atomic mass is 9.98. The fraction of sp³-hybridized carbons (Fsp3) is 0.133. The third-order valence-corrected chi connectivity index (χ3v) is 6.98. The molecule has 2 aromatic heterocycles. The van der Waals surface area contributed by atoms with E-state index in [-0.39, 0.29) is 29.2 Å². The number of carbonyl (C=O) groups excluding carboxylic acids is 1. The zero-order valence-electron chi connectivity index (χ0n) is 19.9. The van der Waals surface area contributed by atoms with Crippen molar-refractivity contribution in [2.45, 2.75) is 26.1 Å². The monoisotopic (exact) mass is 511 g/mol. The van der Waals surface area contributed by atoms with Gasteiger partial charge < -0.3 is 18.5 Å². The number of furan rings is 1. The Balaban J connectivity index is 1.46. The van der Waals surface area contributed by atoms with Crippen molar-refractivity contribution >= 4 is 28.5 Å². The minimum absolute atomic E-state index is 0.0337. The van der Waals surface area contributed by atoms with Crippen molar-refractivity contribution in [3.05, 3.63) is 134 Å². The Morgan fingerprint density at radius 3 is 2.59 bits per heavy atom. The average Bonchev–Trinajstić information content (AvgIpc) is 3.52. The summed E-state index contributed by atoms with van der Waals surface area (Å²) >= 11 is 6.34. The van der Waals surface area contributed by atoms with Crippen molar-refractivity contribution < 1.29 is 18.4 Å². The highest BCUT2D eigenvalue weighted by Crippen LogP contribution is 2.40. The first-order chi connectivity index (χ1) is 18.0. The van der Waals surface area contributed by atoms with Crippen molar-refractivity contribution in [1.82, 2.24) is 4.90 Å². The zero-order valence-corrected chi connectivity index (χ0v) is 20.7. The van der Waals surface area contributed by atoms with E-state index in [1.165, 1.54) is 0 Å².